The van der Waals surface area contributed by atoms with E-state index in [0.717, 1.165) is 34.2 Å². The van der Waals surface area contributed by atoms with E-state index in [9.17, 15) is 13.2 Å². The summed E-state index contributed by atoms with van der Waals surface area (Å²) < 4.78 is 47.4. The van der Waals surface area contributed by atoms with Crippen LogP contribution in [0.4, 0.5) is 13.2 Å². The van der Waals surface area contributed by atoms with Gasteiger partial charge in [0, 0.05) is 30.2 Å². The minimum atomic E-state index is -2.73. The van der Waals surface area contributed by atoms with Gasteiger partial charge in [0.05, 0.1) is 6.61 Å². The van der Waals surface area contributed by atoms with Crippen LogP contribution in [0, 0.1) is 5.82 Å². The van der Waals surface area contributed by atoms with Gasteiger partial charge in [-0.25, -0.2) is 4.39 Å². The predicted molar refractivity (Wildman–Crippen MR) is 102 cm³/mol. The van der Waals surface area contributed by atoms with Crippen LogP contribution in [-0.2, 0) is 17.8 Å². The van der Waals surface area contributed by atoms with Gasteiger partial charge in [0.15, 0.2) is 0 Å². The van der Waals surface area contributed by atoms with Gasteiger partial charge in [-0.1, -0.05) is 18.2 Å². The molecule has 1 heterocycles. The Morgan fingerprint density at radius 3 is 2.61 bits per heavy atom. The lowest BCUT2D eigenvalue weighted by molar-refractivity contribution is -0.131. The summed E-state index contributed by atoms with van der Waals surface area (Å²) >= 11 is 0. The molecule has 0 saturated carbocycles. The van der Waals surface area contributed by atoms with Crippen LogP contribution >= 0.6 is 0 Å². The Labute approximate surface area is 161 Å². The normalized spacial score (nSPS) is 11.6. The van der Waals surface area contributed by atoms with Crippen LogP contribution in [0.25, 0.3) is 10.9 Å². The van der Waals surface area contributed by atoms with Crippen molar-refractivity contribution in [2.45, 2.75) is 19.6 Å². The number of nitrogens with one attached hydrogen (secondary N) is 1. The van der Waals surface area contributed by atoms with Gasteiger partial charge < -0.3 is 19.4 Å². The van der Waals surface area contributed by atoms with Gasteiger partial charge in [0.25, 0.3) is 0 Å². The quantitative estimate of drug-likeness (QED) is 0.548. The number of fused-ring (bicyclic) bond motifs is 1. The van der Waals surface area contributed by atoms with Crippen molar-refractivity contribution >= 4 is 10.9 Å². The van der Waals surface area contributed by atoms with Gasteiger partial charge >= 0.3 is 6.61 Å². The second-order valence-electron chi connectivity index (χ2n) is 6.59. The number of rotatable bonds is 10. The van der Waals surface area contributed by atoms with E-state index in [2.05, 4.69) is 9.72 Å². The van der Waals surface area contributed by atoms with E-state index < -0.39 is 6.61 Å². The van der Waals surface area contributed by atoms with Gasteiger partial charge in [-0.15, -0.1) is 0 Å². The number of ether oxygens (including phenoxy) is 2. The largest absolute Gasteiger partial charge is 0.488 e. The second-order valence-corrected chi connectivity index (χ2v) is 6.59. The van der Waals surface area contributed by atoms with Crippen LogP contribution in [0.15, 0.2) is 48.7 Å². The predicted octanol–water partition coefficient (Wildman–Crippen LogP) is 4.60. The maximum absolute atomic E-state index is 13.0. The summed E-state index contributed by atoms with van der Waals surface area (Å²) in [5.41, 5.74) is 2.94. The van der Waals surface area contributed by atoms with Gasteiger partial charge in [-0.3, -0.25) is 0 Å². The first kappa shape index (κ1) is 20.2. The number of halogens is 3. The van der Waals surface area contributed by atoms with Crippen LogP contribution in [0.3, 0.4) is 0 Å². The molecule has 0 aliphatic heterocycles. The average molecular weight is 392 g/mol. The van der Waals surface area contributed by atoms with Crippen molar-refractivity contribution in [2.75, 3.05) is 26.7 Å². The van der Waals surface area contributed by atoms with E-state index in [1.54, 1.807) is 12.1 Å². The third-order valence-electron chi connectivity index (χ3n) is 4.54. The molecule has 0 saturated heterocycles. The monoisotopic (exact) mass is 392 g/mol. The van der Waals surface area contributed by atoms with Crippen LogP contribution in [0.5, 0.6) is 5.75 Å². The van der Waals surface area contributed by atoms with E-state index in [-0.39, 0.29) is 12.4 Å². The molecule has 0 aliphatic carbocycles. The second kappa shape index (κ2) is 9.61. The van der Waals surface area contributed by atoms with Crippen molar-refractivity contribution in [3.8, 4) is 5.75 Å². The Morgan fingerprint density at radius 2 is 1.86 bits per heavy atom. The zero-order chi connectivity index (χ0) is 19.9. The number of aromatic amines is 1. The molecule has 0 amide bonds. The first-order valence-corrected chi connectivity index (χ1v) is 9.07. The summed E-state index contributed by atoms with van der Waals surface area (Å²) in [6, 6.07) is 12.0. The van der Waals surface area contributed by atoms with Crippen LogP contribution in [0.1, 0.15) is 11.1 Å². The van der Waals surface area contributed by atoms with Crippen molar-refractivity contribution in [3.63, 3.8) is 0 Å². The number of alkyl halides is 2. The van der Waals surface area contributed by atoms with Gasteiger partial charge in [0.1, 0.15) is 18.2 Å². The lowest BCUT2D eigenvalue weighted by atomic mass is 10.1. The molecule has 2 aromatic carbocycles. The van der Waals surface area contributed by atoms with Crippen molar-refractivity contribution in [2.24, 2.45) is 0 Å². The Morgan fingerprint density at radius 1 is 1.07 bits per heavy atom. The maximum Gasteiger partial charge on any atom is 0.345 e. The highest BCUT2D eigenvalue weighted by atomic mass is 19.3. The summed E-state index contributed by atoms with van der Waals surface area (Å²) in [6.45, 7) is -1.27. The van der Waals surface area contributed by atoms with Crippen molar-refractivity contribution in [1.29, 1.82) is 0 Å². The zero-order valence-corrected chi connectivity index (χ0v) is 15.6. The van der Waals surface area contributed by atoms with E-state index in [1.807, 2.05) is 36.3 Å². The van der Waals surface area contributed by atoms with Gasteiger partial charge in [0.2, 0.25) is 0 Å². The molecule has 0 bridgehead atoms. The van der Waals surface area contributed by atoms with Crippen LogP contribution in [0.2, 0.25) is 0 Å². The smallest absolute Gasteiger partial charge is 0.345 e. The number of H-pyrrole nitrogens is 1. The first-order valence-electron chi connectivity index (χ1n) is 9.07. The van der Waals surface area contributed by atoms with E-state index in [1.165, 1.54) is 12.1 Å². The first-order chi connectivity index (χ1) is 13.5. The van der Waals surface area contributed by atoms with E-state index >= 15 is 0 Å². The molecule has 0 aliphatic rings. The average Bonchev–Trinajstić information content (AvgIpc) is 3.09. The van der Waals surface area contributed by atoms with Crippen molar-refractivity contribution in [1.82, 2.24) is 9.88 Å². The molecule has 7 heteroatoms. The zero-order valence-electron chi connectivity index (χ0n) is 15.6. The third kappa shape index (κ3) is 5.50. The summed E-state index contributed by atoms with van der Waals surface area (Å²) in [5.74, 6) is 0.476. The third-order valence-corrected chi connectivity index (χ3v) is 4.54. The van der Waals surface area contributed by atoms with Crippen molar-refractivity contribution < 1.29 is 22.6 Å². The summed E-state index contributed by atoms with van der Waals surface area (Å²) in [7, 11) is 1.87. The highest BCUT2D eigenvalue weighted by molar-refractivity contribution is 5.89. The van der Waals surface area contributed by atoms with E-state index in [0.29, 0.717) is 19.7 Å². The summed E-state index contributed by atoms with van der Waals surface area (Å²) in [6.07, 6.45) is 2.68. The molecule has 0 unspecified atom stereocenters. The highest BCUT2D eigenvalue weighted by Crippen LogP contribution is 2.30. The number of benzene rings is 2. The molecule has 3 aromatic rings. The molecule has 0 spiro atoms. The molecule has 28 heavy (non-hydrogen) atoms. The standard InChI is InChI=1S/C21H23F3N2O2/c1-26(11-12-27-21(23)24)10-9-16-13-25-18-3-2-4-19(20(16)18)28-14-15-5-7-17(22)8-6-15/h2-8,13,21,25H,9-12,14H2,1H3. The lowest BCUT2D eigenvalue weighted by Gasteiger charge is -2.16. The minimum absolute atomic E-state index is 0.00587. The van der Waals surface area contributed by atoms with Gasteiger partial charge in [-0.05, 0) is 48.9 Å². The Bertz CT molecular complexity index is 881. The Kier molecular flexibility index (Phi) is 6.95. The molecule has 4 nitrogen and oxygen atoms in total. The van der Waals surface area contributed by atoms with Crippen molar-refractivity contribution in [3.05, 3.63) is 65.6 Å². The minimum Gasteiger partial charge on any atom is -0.488 e. The lowest BCUT2D eigenvalue weighted by Crippen LogP contribution is -2.26. The summed E-state index contributed by atoms with van der Waals surface area (Å²) in [4.78, 5) is 5.19. The molecular formula is C21H23F3N2O2. The SMILES string of the molecule is CN(CCOC(F)F)CCc1c[nH]c2cccc(OCc3ccc(F)cc3)c12. The number of nitrogens with zero attached hydrogens (tertiary/aromatic N) is 1. The molecule has 1 aromatic heterocycles. The highest BCUT2D eigenvalue weighted by Gasteiger charge is 2.11. The molecule has 0 atom stereocenters. The fraction of sp³-hybridized carbons (Fsp3) is 0.333. The Hall–Kier alpha value is -2.51. The Balaban J connectivity index is 1.64. The molecule has 1 N–H and O–H groups in total. The molecular weight excluding hydrogens is 369 g/mol. The van der Waals surface area contributed by atoms with E-state index in [4.69, 9.17) is 4.74 Å². The molecule has 3 rings (SSSR count). The molecule has 0 radical (unpaired) electrons. The topological polar surface area (TPSA) is 37.5 Å². The maximum atomic E-state index is 13.0. The molecule has 0 fully saturated rings. The fourth-order valence-corrected chi connectivity index (χ4v) is 3.00. The van der Waals surface area contributed by atoms with Crippen LogP contribution in [-0.4, -0.2) is 43.2 Å². The number of hydrogen-bond acceptors (Lipinski definition) is 3. The number of aromatic nitrogens is 1. The fourth-order valence-electron chi connectivity index (χ4n) is 3.00. The summed E-state index contributed by atoms with van der Waals surface area (Å²) in [5, 5.41) is 1.00. The van der Waals surface area contributed by atoms with Gasteiger partial charge in [-0.2, -0.15) is 8.78 Å². The number of likely N-dealkylation sites (N-methyl/N-ethyl adjacent to an activating group) is 1. The molecule has 150 valence electrons. The van der Waals surface area contributed by atoms with Crippen LogP contribution < -0.4 is 4.74 Å². The number of hydrogen-bond donors (Lipinski definition) is 1.